The molecule has 3 rings (SSSR count). The van der Waals surface area contributed by atoms with Crippen molar-refractivity contribution in [3.8, 4) is 11.5 Å². The molecule has 0 spiro atoms. The number of halogens is 1. The van der Waals surface area contributed by atoms with Gasteiger partial charge in [0.2, 0.25) is 0 Å². The molecule has 0 saturated heterocycles. The minimum Gasteiger partial charge on any atom is -0.453 e. The van der Waals surface area contributed by atoms with E-state index in [0.29, 0.717) is 16.2 Å². The van der Waals surface area contributed by atoms with Crippen LogP contribution in [-0.4, -0.2) is 15.8 Å². The van der Waals surface area contributed by atoms with Gasteiger partial charge in [0.15, 0.2) is 11.6 Å². The monoisotopic (exact) mass is 387 g/mol. The minimum atomic E-state index is -0.576. The Bertz CT molecular complexity index is 992. The van der Waals surface area contributed by atoms with Crippen molar-refractivity contribution in [2.24, 2.45) is 0 Å². The highest BCUT2D eigenvalue weighted by Crippen LogP contribution is 2.28. The number of carbonyl (C=O) groups is 1. The Morgan fingerprint density at radius 2 is 2.19 bits per heavy atom. The van der Waals surface area contributed by atoms with E-state index in [1.54, 1.807) is 31.3 Å². The molecule has 27 heavy (non-hydrogen) atoms. The molecule has 0 aliphatic heterocycles. The van der Waals surface area contributed by atoms with Gasteiger partial charge in [-0.15, -0.1) is 11.3 Å². The lowest BCUT2D eigenvalue weighted by Gasteiger charge is -2.08. The van der Waals surface area contributed by atoms with Crippen LogP contribution < -0.4 is 10.1 Å². The highest BCUT2D eigenvalue weighted by Gasteiger charge is 2.19. The third-order valence-corrected chi connectivity index (χ3v) is 4.66. The summed E-state index contributed by atoms with van der Waals surface area (Å²) in [7, 11) is 0. The van der Waals surface area contributed by atoms with Gasteiger partial charge in [-0.05, 0) is 36.8 Å². The Morgan fingerprint density at radius 1 is 1.37 bits per heavy atom. The Hall–Kier alpha value is -3.33. The second kappa shape index (κ2) is 7.92. The van der Waals surface area contributed by atoms with Gasteiger partial charge in [0.25, 0.3) is 11.6 Å². The highest BCUT2D eigenvalue weighted by atomic mass is 32.1. The van der Waals surface area contributed by atoms with E-state index in [1.807, 2.05) is 0 Å². The van der Waals surface area contributed by atoms with Crippen LogP contribution in [0.4, 0.5) is 10.1 Å². The van der Waals surface area contributed by atoms with E-state index < -0.39 is 16.6 Å². The lowest BCUT2D eigenvalue weighted by Crippen LogP contribution is -2.21. The van der Waals surface area contributed by atoms with E-state index >= 15 is 0 Å². The number of nitrogens with one attached hydrogen (secondary N) is 1. The number of carbonyl (C=O) groups excluding carboxylic acids is 1. The maximum Gasteiger partial charge on any atom is 0.283 e. The summed E-state index contributed by atoms with van der Waals surface area (Å²) in [6.07, 6.45) is 3.05. The molecular formula is C18H14FN3O4S. The summed E-state index contributed by atoms with van der Waals surface area (Å²) in [5.41, 5.74) is 0.440. The summed E-state index contributed by atoms with van der Waals surface area (Å²) >= 11 is 1.04. The summed E-state index contributed by atoms with van der Waals surface area (Å²) < 4.78 is 19.6. The van der Waals surface area contributed by atoms with Crippen LogP contribution in [0.1, 0.15) is 20.1 Å². The number of ether oxygens (including phenoxy) is 1. The van der Waals surface area contributed by atoms with Gasteiger partial charge in [0.1, 0.15) is 5.75 Å². The lowest BCUT2D eigenvalue weighted by atomic mass is 10.2. The van der Waals surface area contributed by atoms with E-state index in [-0.39, 0.29) is 22.9 Å². The molecule has 3 aromatic rings. The molecule has 2 heterocycles. The van der Waals surface area contributed by atoms with E-state index in [4.69, 9.17) is 4.74 Å². The number of rotatable bonds is 6. The topological polar surface area (TPSA) is 94.4 Å². The summed E-state index contributed by atoms with van der Waals surface area (Å²) in [6.45, 7) is 1.66. The molecule has 0 aliphatic carbocycles. The number of nitrogens with zero attached hydrogens (tertiary/aromatic N) is 2. The van der Waals surface area contributed by atoms with Crippen LogP contribution in [0, 0.1) is 22.9 Å². The van der Waals surface area contributed by atoms with E-state index in [1.165, 1.54) is 24.4 Å². The fourth-order valence-electron chi connectivity index (χ4n) is 2.31. The summed E-state index contributed by atoms with van der Waals surface area (Å²) in [6, 6.07) is 8.91. The third-order valence-electron chi connectivity index (χ3n) is 3.62. The van der Waals surface area contributed by atoms with E-state index in [0.717, 1.165) is 11.3 Å². The Morgan fingerprint density at radius 3 is 2.81 bits per heavy atom. The van der Waals surface area contributed by atoms with E-state index in [2.05, 4.69) is 10.3 Å². The smallest absolute Gasteiger partial charge is 0.283 e. The van der Waals surface area contributed by atoms with Crippen LogP contribution in [0.2, 0.25) is 0 Å². The number of nitro groups is 1. The van der Waals surface area contributed by atoms with Gasteiger partial charge in [-0.2, -0.15) is 0 Å². The van der Waals surface area contributed by atoms with Crippen molar-refractivity contribution in [1.82, 2.24) is 10.3 Å². The predicted molar refractivity (Wildman–Crippen MR) is 97.6 cm³/mol. The van der Waals surface area contributed by atoms with Crippen molar-refractivity contribution >= 4 is 22.9 Å². The molecule has 1 amide bonds. The van der Waals surface area contributed by atoms with Gasteiger partial charge in [0, 0.05) is 18.8 Å². The van der Waals surface area contributed by atoms with Crippen molar-refractivity contribution in [2.75, 3.05) is 0 Å². The SMILES string of the molecule is Cc1sc(C(=O)NCc2ccc(Oc3cccnc3)c(F)c2)cc1[N+](=O)[O-]. The van der Waals surface area contributed by atoms with Gasteiger partial charge in [-0.25, -0.2) is 4.39 Å². The number of aromatic nitrogens is 1. The number of benzene rings is 1. The average molecular weight is 387 g/mol. The number of hydrogen-bond donors (Lipinski definition) is 1. The van der Waals surface area contributed by atoms with E-state index in [9.17, 15) is 19.3 Å². The minimum absolute atomic E-state index is 0.0441. The molecule has 0 fully saturated rings. The van der Waals surface area contributed by atoms with Crippen LogP contribution in [0.25, 0.3) is 0 Å². The van der Waals surface area contributed by atoms with Crippen LogP contribution >= 0.6 is 11.3 Å². The molecule has 0 unspecified atom stereocenters. The van der Waals surface area contributed by atoms with Crippen LogP contribution in [0.5, 0.6) is 11.5 Å². The van der Waals surface area contributed by atoms with Gasteiger partial charge in [-0.1, -0.05) is 6.07 Å². The van der Waals surface area contributed by atoms with Crippen LogP contribution in [0.15, 0.2) is 48.8 Å². The zero-order valence-electron chi connectivity index (χ0n) is 14.1. The van der Waals surface area contributed by atoms with Gasteiger partial charge >= 0.3 is 0 Å². The normalized spacial score (nSPS) is 10.4. The maximum atomic E-state index is 14.2. The Kier molecular flexibility index (Phi) is 5.41. The highest BCUT2D eigenvalue weighted by molar-refractivity contribution is 7.14. The number of amides is 1. The summed E-state index contributed by atoms with van der Waals surface area (Å²) in [5, 5.41) is 13.5. The van der Waals surface area contributed by atoms with Crippen molar-refractivity contribution in [2.45, 2.75) is 13.5 Å². The fourth-order valence-corrected chi connectivity index (χ4v) is 3.21. The number of thiophene rings is 1. The zero-order chi connectivity index (χ0) is 19.4. The lowest BCUT2D eigenvalue weighted by molar-refractivity contribution is -0.385. The molecular weight excluding hydrogens is 373 g/mol. The fraction of sp³-hybridized carbons (Fsp3) is 0.111. The Balaban J connectivity index is 1.64. The second-order valence-electron chi connectivity index (χ2n) is 5.55. The summed E-state index contributed by atoms with van der Waals surface area (Å²) in [4.78, 5) is 27.1. The first-order chi connectivity index (χ1) is 12.9. The molecule has 0 radical (unpaired) electrons. The molecule has 1 N–H and O–H groups in total. The maximum absolute atomic E-state index is 14.2. The van der Waals surface area contributed by atoms with Crippen molar-refractivity contribution in [3.63, 3.8) is 0 Å². The first kappa shape index (κ1) is 18.5. The van der Waals surface area contributed by atoms with Gasteiger partial charge in [-0.3, -0.25) is 19.9 Å². The second-order valence-corrected chi connectivity index (χ2v) is 6.80. The van der Waals surface area contributed by atoms with Gasteiger partial charge < -0.3 is 10.1 Å². The molecule has 138 valence electrons. The predicted octanol–water partition coefficient (Wildman–Crippen LogP) is 4.22. The first-order valence-corrected chi connectivity index (χ1v) is 8.65. The van der Waals surface area contributed by atoms with Crippen LogP contribution in [-0.2, 0) is 6.54 Å². The molecule has 2 aromatic heterocycles. The van der Waals surface area contributed by atoms with Gasteiger partial charge in [0.05, 0.1) is 20.9 Å². The van der Waals surface area contributed by atoms with Crippen molar-refractivity contribution in [3.05, 3.63) is 80.0 Å². The quantitative estimate of drug-likeness (QED) is 0.505. The van der Waals surface area contributed by atoms with Crippen LogP contribution in [0.3, 0.4) is 0 Å². The average Bonchev–Trinajstić information content (AvgIpc) is 3.05. The Labute approximate surface area is 157 Å². The number of hydrogen-bond acceptors (Lipinski definition) is 6. The zero-order valence-corrected chi connectivity index (χ0v) is 15.0. The molecule has 0 bridgehead atoms. The first-order valence-electron chi connectivity index (χ1n) is 7.83. The number of pyridine rings is 1. The van der Waals surface area contributed by atoms with Crippen molar-refractivity contribution in [1.29, 1.82) is 0 Å². The molecule has 0 atom stereocenters. The number of aryl methyl sites for hydroxylation is 1. The van der Waals surface area contributed by atoms with Crippen molar-refractivity contribution < 1.29 is 18.8 Å². The molecule has 0 aliphatic rings. The third kappa shape index (κ3) is 4.45. The molecule has 0 saturated carbocycles. The standard InChI is InChI=1S/C18H14FN3O4S/c1-11-15(22(24)25)8-17(27-11)18(23)21-9-12-4-5-16(14(19)7-12)26-13-3-2-6-20-10-13/h2-8,10H,9H2,1H3,(H,21,23). The molecule has 1 aromatic carbocycles. The summed E-state index contributed by atoms with van der Waals surface area (Å²) in [5.74, 6) is -0.574. The largest absolute Gasteiger partial charge is 0.453 e. The molecule has 7 nitrogen and oxygen atoms in total. The molecule has 9 heteroatoms.